The van der Waals surface area contributed by atoms with Crippen LogP contribution in [-0.2, 0) is 9.59 Å². The third-order valence-electron chi connectivity index (χ3n) is 3.35. The molecule has 1 N–H and O–H groups in total. The standard InChI is InChI=1S/C15H13N3O4/c1-18-13(19)6-4-11(17-18)15(21)16-10-3-5-12-9(8-10)2-7-14(20)22-12/h2-3,5,7-8H,4,6H2,1H3,(H,16,21). The number of hydrogen-bond acceptors (Lipinski definition) is 5. The first kappa shape index (κ1) is 14.0. The van der Waals surface area contributed by atoms with Crippen molar-refractivity contribution in [2.75, 3.05) is 12.4 Å². The number of anilines is 1. The molecule has 0 bridgehead atoms. The molecule has 1 aromatic carbocycles. The zero-order valence-electron chi connectivity index (χ0n) is 11.8. The third kappa shape index (κ3) is 2.73. The fourth-order valence-electron chi connectivity index (χ4n) is 2.19. The summed E-state index contributed by atoms with van der Waals surface area (Å²) in [6.07, 6.45) is 0.586. The van der Waals surface area contributed by atoms with Crippen LogP contribution in [0.3, 0.4) is 0 Å². The highest BCUT2D eigenvalue weighted by atomic mass is 16.4. The number of benzene rings is 1. The lowest BCUT2D eigenvalue weighted by Crippen LogP contribution is -2.34. The molecule has 2 amide bonds. The molecule has 0 saturated carbocycles. The van der Waals surface area contributed by atoms with Crippen LogP contribution in [0.15, 0.2) is 44.6 Å². The molecular formula is C15H13N3O4. The fourth-order valence-corrected chi connectivity index (χ4v) is 2.19. The number of nitrogens with zero attached hydrogens (tertiary/aromatic N) is 2. The van der Waals surface area contributed by atoms with Gasteiger partial charge in [-0.2, -0.15) is 5.10 Å². The van der Waals surface area contributed by atoms with E-state index in [4.69, 9.17) is 4.42 Å². The van der Waals surface area contributed by atoms with Crippen LogP contribution in [0.2, 0.25) is 0 Å². The van der Waals surface area contributed by atoms with Crippen LogP contribution in [0.25, 0.3) is 11.0 Å². The third-order valence-corrected chi connectivity index (χ3v) is 3.35. The molecule has 0 aliphatic carbocycles. The Balaban J connectivity index is 1.82. The van der Waals surface area contributed by atoms with Crippen LogP contribution in [0, 0.1) is 0 Å². The molecule has 1 aliphatic rings. The summed E-state index contributed by atoms with van der Waals surface area (Å²) in [6.45, 7) is 0. The van der Waals surface area contributed by atoms with E-state index in [9.17, 15) is 14.4 Å². The molecule has 0 fully saturated rings. The second kappa shape index (κ2) is 5.44. The van der Waals surface area contributed by atoms with Gasteiger partial charge in [-0.3, -0.25) is 9.59 Å². The van der Waals surface area contributed by atoms with Crippen molar-refractivity contribution in [1.29, 1.82) is 0 Å². The molecule has 22 heavy (non-hydrogen) atoms. The van der Waals surface area contributed by atoms with Crippen LogP contribution >= 0.6 is 0 Å². The van der Waals surface area contributed by atoms with E-state index < -0.39 is 5.63 Å². The first-order valence-corrected chi connectivity index (χ1v) is 6.72. The van der Waals surface area contributed by atoms with Gasteiger partial charge in [0.05, 0.1) is 0 Å². The van der Waals surface area contributed by atoms with E-state index in [0.717, 1.165) is 0 Å². The summed E-state index contributed by atoms with van der Waals surface area (Å²) in [7, 11) is 1.52. The zero-order chi connectivity index (χ0) is 15.7. The lowest BCUT2D eigenvalue weighted by atomic mass is 10.1. The van der Waals surface area contributed by atoms with Crippen molar-refractivity contribution in [2.45, 2.75) is 12.8 Å². The Labute approximate surface area is 125 Å². The van der Waals surface area contributed by atoms with Gasteiger partial charge in [-0.1, -0.05) is 0 Å². The van der Waals surface area contributed by atoms with E-state index >= 15 is 0 Å². The molecule has 3 rings (SSSR count). The summed E-state index contributed by atoms with van der Waals surface area (Å²) in [5, 5.41) is 8.57. The van der Waals surface area contributed by atoms with Gasteiger partial charge in [-0.25, -0.2) is 9.80 Å². The number of carbonyl (C=O) groups is 2. The minimum atomic E-state index is -0.423. The van der Waals surface area contributed by atoms with Gasteiger partial charge in [0, 0.05) is 37.0 Å². The number of amides is 2. The maximum atomic E-state index is 12.2. The molecule has 0 unspecified atom stereocenters. The van der Waals surface area contributed by atoms with Gasteiger partial charge >= 0.3 is 5.63 Å². The van der Waals surface area contributed by atoms with Crippen LogP contribution in [0.5, 0.6) is 0 Å². The average Bonchev–Trinajstić information content (AvgIpc) is 2.50. The van der Waals surface area contributed by atoms with Gasteiger partial charge < -0.3 is 9.73 Å². The monoisotopic (exact) mass is 299 g/mol. The minimum Gasteiger partial charge on any atom is -0.423 e. The highest BCUT2D eigenvalue weighted by Crippen LogP contribution is 2.18. The Bertz CT molecular complexity index is 853. The van der Waals surface area contributed by atoms with Gasteiger partial charge in [-0.05, 0) is 24.3 Å². The highest BCUT2D eigenvalue weighted by Gasteiger charge is 2.22. The summed E-state index contributed by atoms with van der Waals surface area (Å²) in [6, 6.07) is 7.90. The summed E-state index contributed by atoms with van der Waals surface area (Å²) in [5.74, 6) is -0.464. The molecule has 0 spiro atoms. The van der Waals surface area contributed by atoms with E-state index in [1.807, 2.05) is 0 Å². The number of nitrogens with one attached hydrogen (secondary N) is 1. The summed E-state index contributed by atoms with van der Waals surface area (Å²) >= 11 is 0. The zero-order valence-corrected chi connectivity index (χ0v) is 11.8. The molecule has 2 aromatic rings. The van der Waals surface area contributed by atoms with Crippen molar-refractivity contribution >= 4 is 34.2 Å². The quantitative estimate of drug-likeness (QED) is 0.847. The molecule has 1 aliphatic heterocycles. The number of hydrazone groups is 1. The largest absolute Gasteiger partial charge is 0.423 e. The first-order chi connectivity index (χ1) is 10.5. The van der Waals surface area contributed by atoms with E-state index in [1.54, 1.807) is 24.3 Å². The van der Waals surface area contributed by atoms with E-state index in [-0.39, 0.29) is 18.2 Å². The lowest BCUT2D eigenvalue weighted by molar-refractivity contribution is -0.130. The highest BCUT2D eigenvalue weighted by molar-refractivity contribution is 6.43. The summed E-state index contributed by atoms with van der Waals surface area (Å²) < 4.78 is 5.03. The van der Waals surface area contributed by atoms with E-state index in [0.29, 0.717) is 28.8 Å². The Morgan fingerprint density at radius 3 is 2.82 bits per heavy atom. The topological polar surface area (TPSA) is 92.0 Å². The van der Waals surface area contributed by atoms with E-state index in [1.165, 1.54) is 18.1 Å². The van der Waals surface area contributed by atoms with Crippen molar-refractivity contribution < 1.29 is 14.0 Å². The molecule has 0 saturated heterocycles. The molecule has 2 heterocycles. The predicted octanol–water partition coefficient (Wildman–Crippen LogP) is 1.34. The number of rotatable bonds is 2. The molecule has 112 valence electrons. The maximum absolute atomic E-state index is 12.2. The smallest absolute Gasteiger partial charge is 0.336 e. The Morgan fingerprint density at radius 1 is 1.23 bits per heavy atom. The second-order valence-electron chi connectivity index (χ2n) is 4.93. The van der Waals surface area contributed by atoms with Crippen molar-refractivity contribution in [1.82, 2.24) is 5.01 Å². The molecule has 0 radical (unpaired) electrons. The number of hydrogen-bond donors (Lipinski definition) is 1. The van der Waals surface area contributed by atoms with Crippen molar-refractivity contribution in [2.24, 2.45) is 5.10 Å². The van der Waals surface area contributed by atoms with Gasteiger partial charge in [0.2, 0.25) is 5.91 Å². The van der Waals surface area contributed by atoms with Gasteiger partial charge in [0.1, 0.15) is 11.3 Å². The van der Waals surface area contributed by atoms with Crippen LogP contribution in [-0.4, -0.2) is 29.6 Å². The van der Waals surface area contributed by atoms with Crippen molar-refractivity contribution in [3.63, 3.8) is 0 Å². The van der Waals surface area contributed by atoms with Crippen LogP contribution < -0.4 is 10.9 Å². The van der Waals surface area contributed by atoms with E-state index in [2.05, 4.69) is 10.4 Å². The predicted molar refractivity (Wildman–Crippen MR) is 80.6 cm³/mol. The Hall–Kier alpha value is -2.96. The Kier molecular flexibility index (Phi) is 3.46. The van der Waals surface area contributed by atoms with Gasteiger partial charge in [0.15, 0.2) is 0 Å². The maximum Gasteiger partial charge on any atom is 0.336 e. The normalized spacial score (nSPS) is 14.9. The van der Waals surface area contributed by atoms with Gasteiger partial charge in [-0.15, -0.1) is 0 Å². The SMILES string of the molecule is CN1N=C(C(=O)Nc2ccc3oc(=O)ccc3c2)CCC1=O. The molecule has 1 aromatic heterocycles. The summed E-state index contributed by atoms with van der Waals surface area (Å²) in [4.78, 5) is 34.6. The first-order valence-electron chi connectivity index (χ1n) is 6.72. The Morgan fingerprint density at radius 2 is 2.05 bits per heavy atom. The minimum absolute atomic E-state index is 0.114. The fraction of sp³-hybridized carbons (Fsp3) is 0.200. The molecular weight excluding hydrogens is 286 g/mol. The average molecular weight is 299 g/mol. The second-order valence-corrected chi connectivity index (χ2v) is 4.93. The molecule has 7 nitrogen and oxygen atoms in total. The number of carbonyl (C=O) groups excluding carboxylic acids is 2. The summed E-state index contributed by atoms with van der Waals surface area (Å²) in [5.41, 5.74) is 0.898. The van der Waals surface area contributed by atoms with Crippen molar-refractivity contribution in [3.05, 3.63) is 40.8 Å². The number of fused-ring (bicyclic) bond motifs is 1. The van der Waals surface area contributed by atoms with Crippen LogP contribution in [0.4, 0.5) is 5.69 Å². The van der Waals surface area contributed by atoms with Crippen molar-refractivity contribution in [3.8, 4) is 0 Å². The molecule has 0 atom stereocenters. The molecule has 7 heteroatoms. The van der Waals surface area contributed by atoms with Gasteiger partial charge in [0.25, 0.3) is 5.91 Å². The lowest BCUT2D eigenvalue weighted by Gasteiger charge is -2.18. The van der Waals surface area contributed by atoms with Crippen LogP contribution in [0.1, 0.15) is 12.8 Å².